The van der Waals surface area contributed by atoms with Gasteiger partial charge in [0.1, 0.15) is 29.0 Å². The summed E-state index contributed by atoms with van der Waals surface area (Å²) in [6.07, 6.45) is 5.17. The van der Waals surface area contributed by atoms with E-state index in [0.717, 1.165) is 28.8 Å². The first-order valence-electron chi connectivity index (χ1n) is 17.1. The lowest BCUT2D eigenvalue weighted by Gasteiger charge is -2.49. The summed E-state index contributed by atoms with van der Waals surface area (Å²) in [5.41, 5.74) is 10.2. The lowest BCUT2D eigenvalue weighted by molar-refractivity contribution is -0.444. The van der Waals surface area contributed by atoms with Crippen molar-refractivity contribution < 1.29 is 58.6 Å². The molecule has 0 spiro atoms. The van der Waals surface area contributed by atoms with Crippen LogP contribution >= 0.6 is 23.5 Å². The minimum atomic E-state index is -1.80. The Labute approximate surface area is 334 Å². The minimum absolute atomic E-state index is 0.0105. The van der Waals surface area contributed by atoms with Crippen molar-refractivity contribution in [2.24, 2.45) is 22.5 Å². The van der Waals surface area contributed by atoms with Gasteiger partial charge >= 0.3 is 11.9 Å². The number of β-lactam (4-membered cyclic amide) rings is 1. The summed E-state index contributed by atoms with van der Waals surface area (Å²) in [5, 5.41) is 51.7. The molecule has 0 aliphatic carbocycles. The molecule has 1 aromatic rings. The molecule has 19 nitrogen and oxygen atoms in total. The maximum atomic E-state index is 13.8. The van der Waals surface area contributed by atoms with Gasteiger partial charge in [0.2, 0.25) is 11.5 Å². The third-order valence-electron chi connectivity index (χ3n) is 8.70. The number of carboxylic acid groups (broad SMARTS) is 2. The molecule has 3 atom stereocenters. The molecule has 0 radical (unpaired) electrons. The summed E-state index contributed by atoms with van der Waals surface area (Å²) in [7, 11) is 0. The molecule has 0 bridgehead atoms. The number of hydrogen-bond acceptors (Lipinski definition) is 14. The quantitative estimate of drug-likeness (QED) is 0.0295. The monoisotopic (exact) mass is 827 g/mol. The highest BCUT2D eigenvalue weighted by Gasteiger charge is 2.55. The first kappa shape index (κ1) is 43.5. The Hall–Kier alpha value is -6.22. The number of amides is 4. The molecular weight excluding hydrogens is 785 g/mol. The number of hydrogen-bond donors (Lipinski definition) is 9. The Kier molecular flexibility index (Phi) is 13.9. The lowest BCUT2D eigenvalue weighted by Crippen LogP contribution is -2.71. The van der Waals surface area contributed by atoms with Crippen LogP contribution in [0.3, 0.4) is 0 Å². The van der Waals surface area contributed by atoms with Gasteiger partial charge in [-0.1, -0.05) is 36.5 Å². The molecule has 304 valence electrons. The van der Waals surface area contributed by atoms with Gasteiger partial charge in [-0.3, -0.25) is 24.1 Å². The highest BCUT2D eigenvalue weighted by molar-refractivity contribution is 8.05. The number of carbonyl (C=O) groups excluding carboxylic acids is 4. The van der Waals surface area contributed by atoms with Crippen LogP contribution in [-0.4, -0.2) is 113 Å². The van der Waals surface area contributed by atoms with Crippen LogP contribution in [0.1, 0.15) is 44.5 Å². The lowest BCUT2D eigenvalue weighted by atomic mass is 9.94. The number of allylic oxidation sites excluding steroid dienone is 1. The van der Waals surface area contributed by atoms with Gasteiger partial charge in [-0.25, -0.2) is 14.2 Å². The van der Waals surface area contributed by atoms with Gasteiger partial charge in [0.25, 0.3) is 17.7 Å². The number of nitrogens with two attached hydrogens (primary N) is 2. The van der Waals surface area contributed by atoms with Crippen LogP contribution in [0.4, 0.5) is 0 Å². The van der Waals surface area contributed by atoms with E-state index in [2.05, 4.69) is 27.7 Å². The van der Waals surface area contributed by atoms with E-state index in [9.17, 15) is 49.2 Å². The summed E-state index contributed by atoms with van der Waals surface area (Å²) in [4.78, 5) is 83.2. The zero-order chi connectivity index (χ0) is 42.4. The van der Waals surface area contributed by atoms with Crippen LogP contribution in [-0.2, 0) is 28.8 Å². The van der Waals surface area contributed by atoms with E-state index in [4.69, 9.17) is 16.3 Å². The van der Waals surface area contributed by atoms with Crippen molar-refractivity contribution in [2.75, 3.05) is 18.8 Å². The normalized spacial score (nSPS) is 20.2. The summed E-state index contributed by atoms with van der Waals surface area (Å²) in [6.45, 7) is 9.05. The average Bonchev–Trinajstić information content (AvgIpc) is 3.32. The second-order valence-corrected chi connectivity index (χ2v) is 15.4. The molecular formula is C36H43N8O11S2+. The molecule has 57 heavy (non-hydrogen) atoms. The Morgan fingerprint density at radius 1 is 1.18 bits per heavy atom. The second kappa shape index (κ2) is 18.2. The van der Waals surface area contributed by atoms with E-state index >= 15 is 0 Å². The number of oxime groups is 1. The number of aliphatic carboxylic acids is 2. The van der Waals surface area contributed by atoms with E-state index in [1.54, 1.807) is 24.6 Å². The van der Waals surface area contributed by atoms with Crippen molar-refractivity contribution in [3.05, 3.63) is 81.3 Å². The molecule has 4 amide bonds. The van der Waals surface area contributed by atoms with Crippen LogP contribution in [0, 0.1) is 5.92 Å². The molecule has 21 heteroatoms. The maximum absolute atomic E-state index is 13.8. The maximum Gasteiger partial charge on any atom is 0.352 e. The van der Waals surface area contributed by atoms with Crippen molar-refractivity contribution in [2.45, 2.75) is 51.1 Å². The first-order chi connectivity index (χ1) is 26.7. The Bertz CT molecular complexity index is 2090. The van der Waals surface area contributed by atoms with Crippen LogP contribution < -0.4 is 27.4 Å². The smallest absolute Gasteiger partial charge is 0.352 e. The highest BCUT2D eigenvalue weighted by Crippen LogP contribution is 2.40. The second-order valence-electron chi connectivity index (χ2n) is 13.3. The summed E-state index contributed by atoms with van der Waals surface area (Å²) >= 11 is 2.34. The number of phenols is 2. The number of benzene rings is 1. The van der Waals surface area contributed by atoms with Crippen LogP contribution in [0.15, 0.2) is 80.9 Å². The van der Waals surface area contributed by atoms with Crippen molar-refractivity contribution in [1.29, 1.82) is 0 Å². The van der Waals surface area contributed by atoms with E-state index in [0.29, 0.717) is 22.6 Å². The SMILES string of the molecule is C=C(N)/C(=C\[N+](=CC)CC1=C(C(=O)O)N2C(=O)[C@@H](NC(=O)/C(=N\OC(C)(C)C(=O)O)C3=CSC(N)=CCC3C)C2SC1)NC(=O)CNC(=O)c1ccc(O)c(O)c1. The third kappa shape index (κ3) is 10.4. The van der Waals surface area contributed by atoms with Crippen LogP contribution in [0.2, 0.25) is 0 Å². The molecule has 0 aromatic heterocycles. The van der Waals surface area contributed by atoms with Crippen LogP contribution in [0.25, 0.3) is 0 Å². The van der Waals surface area contributed by atoms with E-state index in [-0.39, 0.29) is 46.6 Å². The number of rotatable bonds is 15. The Balaban J connectivity index is 1.50. The standard InChI is InChI=1S/C36H42N8O11S2/c1-6-43(14-22(18(3)37)40-26(47)12-39-30(48)19-8-9-23(45)24(46)11-19)13-20-15-57-33-28(32(50)44(33)29(20)34(51)52)41-31(49)27(42-55-36(4,5)35(53)54)21-16-56-25(38)10-7-17(21)2/h6,8-11,14,16-17,28,33H,3,7,12-13,15,37-38H2,1-2,4-5H3,(H6-,39,40,41,42,45,46,47,48,49,51,52,53,54)/p+1/b22-14+,43-6?/t17?,28-,33?/m1/s1. The topological polar surface area (TPSA) is 299 Å². The zero-order valence-corrected chi connectivity index (χ0v) is 32.9. The number of carbonyl (C=O) groups is 6. The van der Waals surface area contributed by atoms with Gasteiger partial charge in [-0.05, 0) is 55.4 Å². The van der Waals surface area contributed by atoms with Gasteiger partial charge in [-0.15, -0.1) is 11.8 Å². The van der Waals surface area contributed by atoms with Gasteiger partial charge in [-0.2, -0.15) is 0 Å². The molecule has 2 unspecified atom stereocenters. The minimum Gasteiger partial charge on any atom is -0.504 e. The molecule has 4 rings (SSSR count). The molecule has 1 aromatic carbocycles. The third-order valence-corrected chi connectivity index (χ3v) is 10.8. The van der Waals surface area contributed by atoms with Gasteiger partial charge < -0.3 is 52.7 Å². The molecule has 3 aliphatic heterocycles. The van der Waals surface area contributed by atoms with Crippen molar-refractivity contribution in [3.8, 4) is 11.5 Å². The molecule has 0 saturated carbocycles. The van der Waals surface area contributed by atoms with Crippen molar-refractivity contribution in [3.63, 3.8) is 0 Å². The van der Waals surface area contributed by atoms with E-state index < -0.39 is 70.6 Å². The number of nitrogens with zero attached hydrogens (tertiary/aromatic N) is 3. The predicted molar refractivity (Wildman–Crippen MR) is 210 cm³/mol. The largest absolute Gasteiger partial charge is 0.504 e. The number of phenolic OH excluding ortho intramolecular Hbond substituents is 2. The zero-order valence-electron chi connectivity index (χ0n) is 31.3. The molecule has 1 fully saturated rings. The van der Waals surface area contributed by atoms with Gasteiger partial charge in [0.05, 0.1) is 17.3 Å². The van der Waals surface area contributed by atoms with Gasteiger partial charge in [0.15, 0.2) is 30.0 Å². The molecule has 1 saturated heterocycles. The number of thioether (sulfide) groups is 2. The molecule has 3 aliphatic rings. The first-order valence-corrected chi connectivity index (χ1v) is 19.0. The van der Waals surface area contributed by atoms with Crippen LogP contribution in [0.5, 0.6) is 11.5 Å². The van der Waals surface area contributed by atoms with E-state index in [1.807, 2.05) is 6.92 Å². The molecule has 3 heterocycles. The fourth-order valence-electron chi connectivity index (χ4n) is 5.36. The fraction of sp³-hybridized carbons (Fsp3) is 0.333. The van der Waals surface area contributed by atoms with Crippen molar-refractivity contribution in [1.82, 2.24) is 20.9 Å². The predicted octanol–water partition coefficient (Wildman–Crippen LogP) is 0.792. The average molecular weight is 828 g/mol. The molecule has 11 N–H and O–H groups in total. The fourth-order valence-corrected chi connectivity index (χ4v) is 7.49. The number of nitrogens with one attached hydrogen (secondary N) is 3. The van der Waals surface area contributed by atoms with E-state index in [1.165, 1.54) is 42.5 Å². The summed E-state index contributed by atoms with van der Waals surface area (Å²) in [5.74, 6) is -6.80. The van der Waals surface area contributed by atoms with Crippen molar-refractivity contribution >= 4 is 71.0 Å². The summed E-state index contributed by atoms with van der Waals surface area (Å²) < 4.78 is 1.51. The Morgan fingerprint density at radius 3 is 2.49 bits per heavy atom. The number of carboxylic acids is 2. The number of aromatic hydroxyl groups is 2. The Morgan fingerprint density at radius 2 is 1.88 bits per heavy atom. The summed E-state index contributed by atoms with van der Waals surface area (Å²) in [6, 6.07) is 2.23. The number of fused-ring (bicyclic) bond motifs is 1. The highest BCUT2D eigenvalue weighted by atomic mass is 32.2. The van der Waals surface area contributed by atoms with Gasteiger partial charge in [0, 0.05) is 23.8 Å².